The molecule has 0 unspecified atom stereocenters. The first-order chi connectivity index (χ1) is 6.63. The van der Waals surface area contributed by atoms with E-state index in [1.54, 1.807) is 0 Å². The SMILES string of the molecule is C[C@H](N)C(=O)N[C@H](CP(=O)(O)O)C(=O)O. The summed E-state index contributed by atoms with van der Waals surface area (Å²) >= 11 is 0. The summed E-state index contributed by atoms with van der Waals surface area (Å²) in [5.41, 5.74) is 5.15. The maximum absolute atomic E-state index is 11.0. The van der Waals surface area contributed by atoms with E-state index in [4.69, 9.17) is 20.6 Å². The number of carbonyl (C=O) groups is 2. The van der Waals surface area contributed by atoms with Gasteiger partial charge in [-0.3, -0.25) is 9.36 Å². The van der Waals surface area contributed by atoms with E-state index >= 15 is 0 Å². The molecule has 2 atom stereocenters. The molecule has 88 valence electrons. The molecule has 0 bridgehead atoms. The highest BCUT2D eigenvalue weighted by molar-refractivity contribution is 7.51. The lowest BCUT2D eigenvalue weighted by molar-refractivity contribution is -0.141. The molecule has 1 amide bonds. The van der Waals surface area contributed by atoms with Crippen molar-refractivity contribution >= 4 is 19.5 Å². The highest BCUT2D eigenvalue weighted by Crippen LogP contribution is 2.34. The monoisotopic (exact) mass is 240 g/mol. The molecular formula is C6H13N2O6P. The number of amides is 1. The van der Waals surface area contributed by atoms with Crippen LogP contribution in [0, 0.1) is 0 Å². The fourth-order valence-corrected chi connectivity index (χ4v) is 1.45. The van der Waals surface area contributed by atoms with E-state index in [2.05, 4.69) is 0 Å². The Morgan fingerprint density at radius 1 is 1.47 bits per heavy atom. The van der Waals surface area contributed by atoms with Crippen molar-refractivity contribution in [2.75, 3.05) is 6.16 Å². The second kappa shape index (κ2) is 5.22. The van der Waals surface area contributed by atoms with Crippen LogP contribution in [0.2, 0.25) is 0 Å². The third kappa shape index (κ3) is 6.19. The number of hydrogen-bond donors (Lipinski definition) is 5. The minimum absolute atomic E-state index is 0.782. The first-order valence-electron chi connectivity index (χ1n) is 3.97. The van der Waals surface area contributed by atoms with Crippen LogP contribution in [0.5, 0.6) is 0 Å². The first-order valence-corrected chi connectivity index (χ1v) is 5.76. The van der Waals surface area contributed by atoms with Gasteiger partial charge in [0.05, 0.1) is 12.2 Å². The molecule has 8 nitrogen and oxygen atoms in total. The van der Waals surface area contributed by atoms with Crippen molar-refractivity contribution in [3.8, 4) is 0 Å². The lowest BCUT2D eigenvalue weighted by atomic mass is 10.3. The molecule has 15 heavy (non-hydrogen) atoms. The van der Waals surface area contributed by atoms with Gasteiger partial charge in [0.2, 0.25) is 5.91 Å². The van der Waals surface area contributed by atoms with Crippen LogP contribution < -0.4 is 11.1 Å². The average molecular weight is 240 g/mol. The molecule has 0 heterocycles. The molecule has 0 spiro atoms. The third-order valence-electron chi connectivity index (χ3n) is 1.45. The van der Waals surface area contributed by atoms with Gasteiger partial charge in [0.15, 0.2) is 0 Å². The van der Waals surface area contributed by atoms with Gasteiger partial charge in [-0.25, -0.2) is 4.79 Å². The zero-order chi connectivity index (χ0) is 12.2. The summed E-state index contributed by atoms with van der Waals surface area (Å²) in [4.78, 5) is 38.6. The molecule has 0 aromatic carbocycles. The largest absolute Gasteiger partial charge is 0.480 e. The van der Waals surface area contributed by atoms with Gasteiger partial charge in [0.1, 0.15) is 6.04 Å². The Hall–Kier alpha value is -0.950. The highest BCUT2D eigenvalue weighted by Gasteiger charge is 2.29. The summed E-state index contributed by atoms with van der Waals surface area (Å²) in [5.74, 6) is -2.30. The Morgan fingerprint density at radius 2 is 1.93 bits per heavy atom. The number of nitrogens with one attached hydrogen (secondary N) is 1. The molecule has 0 fully saturated rings. The normalized spacial score (nSPS) is 15.5. The van der Waals surface area contributed by atoms with Crippen LogP contribution in [0.15, 0.2) is 0 Å². The van der Waals surface area contributed by atoms with E-state index in [9.17, 15) is 14.2 Å². The third-order valence-corrected chi connectivity index (χ3v) is 2.29. The molecule has 0 radical (unpaired) electrons. The Balaban J connectivity index is 4.50. The van der Waals surface area contributed by atoms with Crippen molar-refractivity contribution < 1.29 is 29.0 Å². The van der Waals surface area contributed by atoms with Crippen LogP contribution in [0.4, 0.5) is 0 Å². The van der Waals surface area contributed by atoms with Crippen molar-refractivity contribution in [3.05, 3.63) is 0 Å². The molecule has 0 aliphatic rings. The lowest BCUT2D eigenvalue weighted by Gasteiger charge is -2.16. The molecule has 0 aromatic heterocycles. The van der Waals surface area contributed by atoms with Crippen molar-refractivity contribution in [3.63, 3.8) is 0 Å². The van der Waals surface area contributed by atoms with Crippen LogP contribution >= 0.6 is 7.60 Å². The van der Waals surface area contributed by atoms with Gasteiger partial charge in [-0.1, -0.05) is 0 Å². The van der Waals surface area contributed by atoms with Gasteiger partial charge in [0, 0.05) is 0 Å². The fraction of sp³-hybridized carbons (Fsp3) is 0.667. The second-order valence-corrected chi connectivity index (χ2v) is 4.73. The van der Waals surface area contributed by atoms with Crippen molar-refractivity contribution in [1.29, 1.82) is 0 Å². The van der Waals surface area contributed by atoms with E-state index in [1.165, 1.54) is 6.92 Å². The average Bonchev–Trinajstić information content (AvgIpc) is 1.99. The van der Waals surface area contributed by atoms with Gasteiger partial charge >= 0.3 is 13.6 Å². The summed E-state index contributed by atoms with van der Waals surface area (Å²) in [7, 11) is -4.50. The topological polar surface area (TPSA) is 150 Å². The van der Waals surface area contributed by atoms with Crippen LogP contribution in [0.1, 0.15) is 6.92 Å². The Bertz CT molecular complexity index is 298. The quantitative estimate of drug-likeness (QED) is 0.351. The van der Waals surface area contributed by atoms with E-state index in [-0.39, 0.29) is 0 Å². The second-order valence-electron chi connectivity index (χ2n) is 3.04. The Morgan fingerprint density at radius 3 is 2.20 bits per heavy atom. The van der Waals surface area contributed by atoms with E-state index in [0.717, 1.165) is 0 Å². The predicted molar refractivity (Wildman–Crippen MR) is 50.1 cm³/mol. The van der Waals surface area contributed by atoms with Crippen LogP contribution in [-0.4, -0.2) is 45.0 Å². The summed E-state index contributed by atoms with van der Waals surface area (Å²) in [6, 6.07) is -2.58. The van der Waals surface area contributed by atoms with Gasteiger partial charge in [-0.2, -0.15) is 0 Å². The summed E-state index contributed by atoms with van der Waals surface area (Å²) in [5, 5.41) is 10.5. The maximum Gasteiger partial charge on any atom is 0.328 e. The van der Waals surface area contributed by atoms with E-state index in [1.807, 2.05) is 5.32 Å². The molecule has 0 aliphatic carbocycles. The molecule has 0 rings (SSSR count). The molecular weight excluding hydrogens is 227 g/mol. The highest BCUT2D eigenvalue weighted by atomic mass is 31.2. The van der Waals surface area contributed by atoms with Crippen molar-refractivity contribution in [2.45, 2.75) is 19.0 Å². The summed E-state index contributed by atoms with van der Waals surface area (Å²) < 4.78 is 10.5. The summed E-state index contributed by atoms with van der Waals surface area (Å²) in [6.07, 6.45) is -0.958. The predicted octanol–water partition coefficient (Wildman–Crippen LogP) is -1.92. The smallest absolute Gasteiger partial charge is 0.328 e. The van der Waals surface area contributed by atoms with Crippen molar-refractivity contribution in [1.82, 2.24) is 5.32 Å². The number of carboxylic acid groups (broad SMARTS) is 1. The lowest BCUT2D eigenvalue weighted by Crippen LogP contribution is -2.48. The van der Waals surface area contributed by atoms with Crippen molar-refractivity contribution in [2.24, 2.45) is 5.73 Å². The minimum Gasteiger partial charge on any atom is -0.480 e. The van der Waals surface area contributed by atoms with Crippen LogP contribution in [0.3, 0.4) is 0 Å². The Labute approximate surface area is 85.6 Å². The number of aliphatic carboxylic acids is 1. The fourth-order valence-electron chi connectivity index (χ4n) is 0.726. The maximum atomic E-state index is 11.0. The number of nitrogens with two attached hydrogens (primary N) is 1. The Kier molecular flexibility index (Phi) is 4.89. The summed E-state index contributed by atoms with van der Waals surface area (Å²) in [6.45, 7) is 1.33. The number of carboxylic acids is 1. The van der Waals surface area contributed by atoms with Crippen LogP contribution in [-0.2, 0) is 14.2 Å². The van der Waals surface area contributed by atoms with Crippen LogP contribution in [0.25, 0.3) is 0 Å². The standard InChI is InChI=1S/C6H13N2O6P/c1-3(7)5(9)8-4(6(10)11)2-15(12,13)14/h3-4H,2,7H2,1H3,(H,8,9)(H,10,11)(H2,12,13,14)/t3-,4+/m0/s1. The number of hydrogen-bond acceptors (Lipinski definition) is 4. The van der Waals surface area contributed by atoms with E-state index in [0.29, 0.717) is 0 Å². The molecule has 0 aliphatic heterocycles. The number of carbonyl (C=O) groups excluding carboxylic acids is 1. The zero-order valence-corrected chi connectivity index (χ0v) is 8.85. The van der Waals surface area contributed by atoms with Gasteiger partial charge in [-0.05, 0) is 6.92 Å². The minimum atomic E-state index is -4.50. The molecule has 9 heteroatoms. The molecule has 0 saturated carbocycles. The molecule has 0 aromatic rings. The number of rotatable bonds is 5. The zero-order valence-electron chi connectivity index (χ0n) is 7.95. The first kappa shape index (κ1) is 14.1. The molecule has 0 saturated heterocycles. The van der Waals surface area contributed by atoms with E-state index < -0.39 is 37.7 Å². The van der Waals surface area contributed by atoms with Gasteiger partial charge in [-0.15, -0.1) is 0 Å². The molecule has 6 N–H and O–H groups in total. The van der Waals surface area contributed by atoms with Gasteiger partial charge < -0.3 is 25.9 Å². The van der Waals surface area contributed by atoms with Gasteiger partial charge in [0.25, 0.3) is 0 Å².